The molecule has 146 valence electrons. The van der Waals surface area contributed by atoms with Crippen LogP contribution < -0.4 is 16.0 Å². The van der Waals surface area contributed by atoms with Crippen molar-refractivity contribution in [3.8, 4) is 5.75 Å². The molecule has 1 saturated heterocycles. The van der Waals surface area contributed by atoms with E-state index in [1.807, 2.05) is 23.9 Å². The minimum absolute atomic E-state index is 0. The highest BCUT2D eigenvalue weighted by molar-refractivity contribution is 7.98. The van der Waals surface area contributed by atoms with Crippen LogP contribution in [0.15, 0.2) is 23.0 Å². The Hall–Kier alpha value is -1.70. The van der Waals surface area contributed by atoms with Crippen LogP contribution in [0.4, 0.5) is 0 Å². The molecular formula is C19H24ClN3O3S. The van der Waals surface area contributed by atoms with Crippen LogP contribution in [-0.4, -0.2) is 47.3 Å². The maximum Gasteiger partial charge on any atom is 0.252 e. The van der Waals surface area contributed by atoms with Gasteiger partial charge in [0.15, 0.2) is 0 Å². The first-order valence-electron chi connectivity index (χ1n) is 9.03. The molecule has 1 aromatic heterocycles. The molecule has 0 saturated carbocycles. The van der Waals surface area contributed by atoms with Crippen LogP contribution in [0.25, 0.3) is 10.9 Å². The molecule has 0 atom stereocenters. The number of amides is 1. The number of benzene rings is 1. The van der Waals surface area contributed by atoms with E-state index in [1.165, 1.54) is 5.56 Å². The van der Waals surface area contributed by atoms with Gasteiger partial charge < -0.3 is 15.5 Å². The molecule has 4 rings (SSSR count). The molecule has 2 aromatic rings. The summed E-state index contributed by atoms with van der Waals surface area (Å²) in [5, 5.41) is 1.10. The van der Waals surface area contributed by atoms with Gasteiger partial charge in [-0.3, -0.25) is 14.5 Å². The van der Waals surface area contributed by atoms with Gasteiger partial charge in [-0.25, -0.2) is 0 Å². The highest BCUT2D eigenvalue weighted by atomic mass is 35.5. The van der Waals surface area contributed by atoms with E-state index >= 15 is 0 Å². The smallest absolute Gasteiger partial charge is 0.252 e. The number of nitrogens with zero attached hydrogens (tertiary/aromatic N) is 1. The van der Waals surface area contributed by atoms with Gasteiger partial charge in [0.25, 0.3) is 5.56 Å². The van der Waals surface area contributed by atoms with Gasteiger partial charge in [0.2, 0.25) is 5.91 Å². The van der Waals surface area contributed by atoms with Crippen molar-refractivity contribution in [2.24, 2.45) is 5.73 Å². The van der Waals surface area contributed by atoms with E-state index in [0.717, 1.165) is 66.1 Å². The SMILES string of the molecule is Cl.NC(=O)CN1CCC(Oc2ccc3[nH]c(=O)c4c(c3c2)CCSC4)CC1. The van der Waals surface area contributed by atoms with Crippen molar-refractivity contribution >= 4 is 41.0 Å². The third-order valence-electron chi connectivity index (χ3n) is 5.16. The van der Waals surface area contributed by atoms with Crippen LogP contribution in [0.2, 0.25) is 0 Å². The zero-order chi connectivity index (χ0) is 18.1. The molecule has 0 radical (unpaired) electrons. The number of ether oxygens (including phenoxy) is 1. The van der Waals surface area contributed by atoms with E-state index in [9.17, 15) is 9.59 Å². The molecule has 0 bridgehead atoms. The topological polar surface area (TPSA) is 88.4 Å². The number of likely N-dealkylation sites (tertiary alicyclic amines) is 1. The number of piperidine rings is 1. The lowest BCUT2D eigenvalue weighted by atomic mass is 10.0. The van der Waals surface area contributed by atoms with E-state index in [1.54, 1.807) is 0 Å². The summed E-state index contributed by atoms with van der Waals surface area (Å²) in [5.74, 6) is 2.40. The number of pyridine rings is 1. The van der Waals surface area contributed by atoms with Crippen molar-refractivity contribution in [2.45, 2.75) is 31.1 Å². The third kappa shape index (κ3) is 4.42. The Balaban J connectivity index is 0.00000210. The second-order valence-electron chi connectivity index (χ2n) is 6.98. The summed E-state index contributed by atoms with van der Waals surface area (Å²) in [6, 6.07) is 5.93. The van der Waals surface area contributed by atoms with Gasteiger partial charge in [0.1, 0.15) is 11.9 Å². The summed E-state index contributed by atoms with van der Waals surface area (Å²) in [6.45, 7) is 1.96. The average Bonchev–Trinajstić information content (AvgIpc) is 2.64. The third-order valence-corrected chi connectivity index (χ3v) is 6.15. The second kappa shape index (κ2) is 8.54. The summed E-state index contributed by atoms with van der Waals surface area (Å²) in [5.41, 5.74) is 8.26. The molecule has 1 fully saturated rings. The minimum Gasteiger partial charge on any atom is -0.490 e. The largest absolute Gasteiger partial charge is 0.490 e. The lowest BCUT2D eigenvalue weighted by Gasteiger charge is -2.31. The Bertz CT molecular complexity index is 894. The fraction of sp³-hybridized carbons (Fsp3) is 0.474. The molecule has 6 nitrogen and oxygen atoms in total. The zero-order valence-electron chi connectivity index (χ0n) is 15.0. The van der Waals surface area contributed by atoms with E-state index in [2.05, 4.69) is 16.0 Å². The molecule has 2 aliphatic rings. The fourth-order valence-corrected chi connectivity index (χ4v) is 4.84. The Morgan fingerprint density at radius 1 is 1.30 bits per heavy atom. The highest BCUT2D eigenvalue weighted by Gasteiger charge is 2.22. The number of carbonyl (C=O) groups is 1. The first kappa shape index (κ1) is 20.0. The first-order chi connectivity index (χ1) is 12.6. The number of hydrogen-bond donors (Lipinski definition) is 2. The van der Waals surface area contributed by atoms with Crippen molar-refractivity contribution in [2.75, 3.05) is 25.4 Å². The molecule has 0 spiro atoms. The van der Waals surface area contributed by atoms with Gasteiger partial charge in [-0.05, 0) is 48.8 Å². The van der Waals surface area contributed by atoms with Gasteiger partial charge in [-0.2, -0.15) is 11.8 Å². The van der Waals surface area contributed by atoms with Crippen molar-refractivity contribution in [1.29, 1.82) is 0 Å². The lowest BCUT2D eigenvalue weighted by Crippen LogP contribution is -2.42. The number of fused-ring (bicyclic) bond motifs is 3. The van der Waals surface area contributed by atoms with Crippen LogP contribution in [0, 0.1) is 0 Å². The van der Waals surface area contributed by atoms with Gasteiger partial charge in [0, 0.05) is 35.3 Å². The van der Waals surface area contributed by atoms with Crippen LogP contribution in [0.3, 0.4) is 0 Å². The molecule has 8 heteroatoms. The number of nitrogens with one attached hydrogen (secondary N) is 1. The summed E-state index contributed by atoms with van der Waals surface area (Å²) in [6.07, 6.45) is 2.83. The standard InChI is InChI=1S/C19H23N3O3S.ClH/c20-18(23)10-22-6-3-12(4-7-22)25-13-1-2-17-15(9-13)14-5-8-26-11-16(14)19(24)21-17;/h1-2,9,12H,3-8,10-11H2,(H2,20,23)(H,21,24);1H. The minimum atomic E-state index is -0.282. The van der Waals surface area contributed by atoms with E-state index < -0.39 is 0 Å². The number of aryl methyl sites for hydroxylation is 1. The number of H-pyrrole nitrogens is 1. The zero-order valence-corrected chi connectivity index (χ0v) is 16.7. The van der Waals surface area contributed by atoms with Crippen LogP contribution >= 0.6 is 24.2 Å². The number of halogens is 1. The maximum atomic E-state index is 12.2. The molecule has 3 N–H and O–H groups in total. The monoisotopic (exact) mass is 409 g/mol. The van der Waals surface area contributed by atoms with Gasteiger partial charge in [0.05, 0.1) is 6.54 Å². The number of primary amides is 1. The molecule has 27 heavy (non-hydrogen) atoms. The summed E-state index contributed by atoms with van der Waals surface area (Å²) >= 11 is 1.81. The first-order valence-corrected chi connectivity index (χ1v) is 10.2. The summed E-state index contributed by atoms with van der Waals surface area (Å²) < 4.78 is 6.20. The van der Waals surface area contributed by atoms with E-state index in [-0.39, 0.29) is 30.0 Å². The second-order valence-corrected chi connectivity index (χ2v) is 8.09. The van der Waals surface area contributed by atoms with E-state index in [4.69, 9.17) is 10.5 Å². The van der Waals surface area contributed by atoms with E-state index in [0.29, 0.717) is 6.54 Å². The number of carbonyl (C=O) groups excluding carboxylic acids is 1. The summed E-state index contributed by atoms with van der Waals surface area (Å²) in [7, 11) is 0. The van der Waals surface area contributed by atoms with Crippen molar-refractivity contribution in [1.82, 2.24) is 9.88 Å². The number of rotatable bonds is 4. The molecule has 0 aliphatic carbocycles. The number of hydrogen-bond acceptors (Lipinski definition) is 5. The number of aromatic nitrogens is 1. The molecule has 2 aliphatic heterocycles. The van der Waals surface area contributed by atoms with Gasteiger partial charge >= 0.3 is 0 Å². The van der Waals surface area contributed by atoms with Crippen molar-refractivity contribution < 1.29 is 9.53 Å². The van der Waals surface area contributed by atoms with Crippen LogP contribution in [-0.2, 0) is 17.0 Å². The Labute approximate surface area is 168 Å². The average molecular weight is 410 g/mol. The van der Waals surface area contributed by atoms with Crippen molar-refractivity contribution in [3.05, 3.63) is 39.7 Å². The van der Waals surface area contributed by atoms with Gasteiger partial charge in [-0.15, -0.1) is 12.4 Å². The fourth-order valence-electron chi connectivity index (χ4n) is 3.84. The van der Waals surface area contributed by atoms with Crippen LogP contribution in [0.5, 0.6) is 5.75 Å². The Morgan fingerprint density at radius 3 is 2.81 bits per heavy atom. The summed E-state index contributed by atoms with van der Waals surface area (Å²) in [4.78, 5) is 28.3. The molecular weight excluding hydrogens is 386 g/mol. The highest BCUT2D eigenvalue weighted by Crippen LogP contribution is 2.30. The maximum absolute atomic E-state index is 12.2. The quantitative estimate of drug-likeness (QED) is 0.806. The normalized spacial score (nSPS) is 17.9. The number of nitrogens with two attached hydrogens (primary N) is 1. The number of thioether (sulfide) groups is 1. The van der Waals surface area contributed by atoms with Crippen molar-refractivity contribution in [3.63, 3.8) is 0 Å². The Kier molecular flexibility index (Phi) is 6.34. The predicted molar refractivity (Wildman–Crippen MR) is 111 cm³/mol. The van der Waals surface area contributed by atoms with Crippen LogP contribution in [0.1, 0.15) is 24.0 Å². The number of aromatic amines is 1. The predicted octanol–water partition coefficient (Wildman–Crippen LogP) is 2.07. The molecule has 1 amide bonds. The Morgan fingerprint density at radius 2 is 2.07 bits per heavy atom. The van der Waals surface area contributed by atoms with Gasteiger partial charge in [-0.1, -0.05) is 0 Å². The molecule has 0 unspecified atom stereocenters. The molecule has 3 heterocycles. The lowest BCUT2D eigenvalue weighted by molar-refractivity contribution is -0.119. The molecule has 1 aromatic carbocycles.